The first-order valence-electron chi connectivity index (χ1n) is 8.07. The summed E-state index contributed by atoms with van der Waals surface area (Å²) in [4.78, 5) is 4.20. The van der Waals surface area contributed by atoms with E-state index < -0.39 is 5.82 Å². The molecule has 6 nitrogen and oxygen atoms in total. The van der Waals surface area contributed by atoms with Crippen LogP contribution in [0.3, 0.4) is 0 Å². The largest absolute Gasteiger partial charge is 0.420 e. The Bertz CT molecular complexity index is 1050. The molecule has 26 heavy (non-hydrogen) atoms. The molecule has 0 radical (unpaired) electrons. The van der Waals surface area contributed by atoms with E-state index in [4.69, 9.17) is 8.94 Å². The Hall–Kier alpha value is -3.35. The van der Waals surface area contributed by atoms with Crippen LogP contribution in [0.25, 0.3) is 22.8 Å². The quantitative estimate of drug-likeness (QED) is 0.551. The number of halogens is 1. The van der Waals surface area contributed by atoms with Gasteiger partial charge < -0.3 is 8.94 Å². The van der Waals surface area contributed by atoms with Gasteiger partial charge in [0, 0.05) is 5.56 Å². The van der Waals surface area contributed by atoms with Gasteiger partial charge in [-0.1, -0.05) is 34.5 Å². The maximum Gasteiger partial charge on any atom is 0.247 e. The summed E-state index contributed by atoms with van der Waals surface area (Å²) >= 11 is 0. The molecule has 4 aromatic rings. The molecule has 2 heterocycles. The van der Waals surface area contributed by atoms with Crippen molar-refractivity contribution in [3.8, 4) is 22.8 Å². The van der Waals surface area contributed by atoms with E-state index >= 15 is 0 Å². The van der Waals surface area contributed by atoms with E-state index in [9.17, 15) is 4.39 Å². The third-order valence-electron chi connectivity index (χ3n) is 3.82. The highest BCUT2D eigenvalue weighted by molar-refractivity contribution is 5.56. The van der Waals surface area contributed by atoms with Crippen LogP contribution >= 0.6 is 0 Å². The van der Waals surface area contributed by atoms with Crippen molar-refractivity contribution in [2.45, 2.75) is 20.3 Å². The van der Waals surface area contributed by atoms with Crippen LogP contribution in [0.5, 0.6) is 0 Å². The van der Waals surface area contributed by atoms with Crippen molar-refractivity contribution in [2.24, 2.45) is 0 Å². The van der Waals surface area contributed by atoms with E-state index in [2.05, 4.69) is 26.4 Å². The number of aromatic nitrogens is 4. The van der Waals surface area contributed by atoms with Crippen LogP contribution in [0.2, 0.25) is 0 Å². The minimum absolute atomic E-state index is 0.180. The molecular weight excluding hydrogens is 335 g/mol. The second-order valence-corrected chi connectivity index (χ2v) is 6.05. The van der Waals surface area contributed by atoms with E-state index in [1.165, 1.54) is 6.07 Å². The number of rotatable bonds is 4. The highest BCUT2D eigenvalue weighted by Crippen LogP contribution is 2.23. The molecule has 0 bridgehead atoms. The Morgan fingerprint density at radius 3 is 2.50 bits per heavy atom. The second kappa shape index (κ2) is 6.51. The van der Waals surface area contributed by atoms with Gasteiger partial charge in [-0.3, -0.25) is 0 Å². The lowest BCUT2D eigenvalue weighted by Crippen LogP contribution is -1.90. The van der Waals surface area contributed by atoms with Gasteiger partial charge in [0.2, 0.25) is 23.5 Å². The summed E-state index contributed by atoms with van der Waals surface area (Å²) in [6.45, 7) is 4.02. The average Bonchev–Trinajstić information content (AvgIpc) is 3.24. The third-order valence-corrected chi connectivity index (χ3v) is 3.82. The topological polar surface area (TPSA) is 77.8 Å². The van der Waals surface area contributed by atoms with Crippen LogP contribution in [0, 0.1) is 19.7 Å². The zero-order valence-electron chi connectivity index (χ0n) is 14.2. The van der Waals surface area contributed by atoms with Gasteiger partial charge in [0.1, 0.15) is 12.2 Å². The number of hydrogen-bond acceptors (Lipinski definition) is 6. The summed E-state index contributed by atoms with van der Waals surface area (Å²) in [5, 5.41) is 11.9. The van der Waals surface area contributed by atoms with E-state index in [0.29, 0.717) is 11.8 Å². The second-order valence-electron chi connectivity index (χ2n) is 6.05. The van der Waals surface area contributed by atoms with Crippen molar-refractivity contribution >= 4 is 0 Å². The lowest BCUT2D eigenvalue weighted by molar-refractivity contribution is 0.373. The predicted molar refractivity (Wildman–Crippen MR) is 91.7 cm³/mol. The highest BCUT2D eigenvalue weighted by atomic mass is 19.1. The van der Waals surface area contributed by atoms with Crippen LogP contribution in [0.4, 0.5) is 4.39 Å². The molecule has 0 spiro atoms. The van der Waals surface area contributed by atoms with Crippen LogP contribution in [-0.4, -0.2) is 20.3 Å². The van der Waals surface area contributed by atoms with Crippen molar-refractivity contribution in [1.82, 2.24) is 20.3 Å². The fraction of sp³-hybridized carbons (Fsp3) is 0.158. The number of nitrogens with zero attached hydrogens (tertiary/aromatic N) is 4. The molecule has 130 valence electrons. The van der Waals surface area contributed by atoms with Gasteiger partial charge in [0.05, 0.1) is 5.56 Å². The molecule has 0 unspecified atom stereocenters. The number of aryl methyl sites for hydroxylation is 2. The minimum atomic E-state index is -0.408. The lowest BCUT2D eigenvalue weighted by Gasteiger charge is -1.99. The maximum atomic E-state index is 13.8. The van der Waals surface area contributed by atoms with Crippen LogP contribution in [0.1, 0.15) is 22.9 Å². The van der Waals surface area contributed by atoms with Gasteiger partial charge in [0.15, 0.2) is 0 Å². The molecule has 0 aliphatic carbocycles. The van der Waals surface area contributed by atoms with Gasteiger partial charge >= 0.3 is 0 Å². The molecule has 0 N–H and O–H groups in total. The highest BCUT2D eigenvalue weighted by Gasteiger charge is 2.16. The van der Waals surface area contributed by atoms with Gasteiger partial charge in [0.25, 0.3) is 0 Å². The molecule has 0 amide bonds. The maximum absolute atomic E-state index is 13.8. The molecule has 0 aliphatic heterocycles. The van der Waals surface area contributed by atoms with Crippen molar-refractivity contribution in [2.75, 3.05) is 0 Å². The Balaban J connectivity index is 1.56. The van der Waals surface area contributed by atoms with Gasteiger partial charge in [-0.05, 0) is 38.1 Å². The molecule has 0 saturated carbocycles. The van der Waals surface area contributed by atoms with E-state index in [1.54, 1.807) is 18.2 Å². The normalized spacial score (nSPS) is 11.0. The molecule has 0 saturated heterocycles. The third kappa shape index (κ3) is 3.23. The monoisotopic (exact) mass is 350 g/mol. The molecule has 7 heteroatoms. The van der Waals surface area contributed by atoms with Crippen molar-refractivity contribution in [3.05, 3.63) is 71.2 Å². The van der Waals surface area contributed by atoms with Crippen LogP contribution in [0.15, 0.2) is 51.4 Å². The SMILES string of the molecule is Cc1cc(C)cc(-c2nnc(Cc3nc(-c4ccccc4F)no3)o2)c1. The number of benzene rings is 2. The molecule has 0 aliphatic rings. The standard InChI is InChI=1S/C19H15FN4O2/c1-11-7-12(2)9-13(8-11)19-23-22-17(25-19)10-16-21-18(24-26-16)14-5-3-4-6-15(14)20/h3-9H,10H2,1-2H3. The van der Waals surface area contributed by atoms with Crippen LogP contribution in [-0.2, 0) is 6.42 Å². The molecular formula is C19H15FN4O2. The van der Waals surface area contributed by atoms with E-state index in [0.717, 1.165) is 16.7 Å². The zero-order chi connectivity index (χ0) is 18.1. The number of hydrogen-bond donors (Lipinski definition) is 0. The summed E-state index contributed by atoms with van der Waals surface area (Å²) in [6.07, 6.45) is 0.180. The fourth-order valence-electron chi connectivity index (χ4n) is 2.75. The summed E-state index contributed by atoms with van der Waals surface area (Å²) in [5.41, 5.74) is 3.38. The average molecular weight is 350 g/mol. The summed E-state index contributed by atoms with van der Waals surface area (Å²) in [7, 11) is 0. The lowest BCUT2D eigenvalue weighted by atomic mass is 10.1. The van der Waals surface area contributed by atoms with Crippen molar-refractivity contribution in [3.63, 3.8) is 0 Å². The predicted octanol–water partition coefficient (Wildman–Crippen LogP) is 4.13. The first kappa shape index (κ1) is 16.1. The van der Waals surface area contributed by atoms with E-state index in [-0.39, 0.29) is 23.7 Å². The Labute approximate surface area is 148 Å². The molecule has 0 fully saturated rings. The molecule has 2 aromatic carbocycles. The first-order chi connectivity index (χ1) is 12.6. The Morgan fingerprint density at radius 1 is 0.962 bits per heavy atom. The van der Waals surface area contributed by atoms with Crippen LogP contribution < -0.4 is 0 Å². The smallest absolute Gasteiger partial charge is 0.247 e. The summed E-state index contributed by atoms with van der Waals surface area (Å²) < 4.78 is 24.7. The van der Waals surface area contributed by atoms with Gasteiger partial charge in [-0.2, -0.15) is 4.98 Å². The molecule has 0 atom stereocenters. The van der Waals surface area contributed by atoms with E-state index in [1.807, 2.05) is 26.0 Å². The van der Waals surface area contributed by atoms with Crippen molar-refractivity contribution < 1.29 is 13.3 Å². The molecule has 2 aromatic heterocycles. The Kier molecular flexibility index (Phi) is 4.04. The minimum Gasteiger partial charge on any atom is -0.420 e. The Morgan fingerprint density at radius 2 is 1.73 bits per heavy atom. The van der Waals surface area contributed by atoms with Gasteiger partial charge in [-0.25, -0.2) is 4.39 Å². The van der Waals surface area contributed by atoms with Crippen molar-refractivity contribution in [1.29, 1.82) is 0 Å². The first-order valence-corrected chi connectivity index (χ1v) is 8.07. The zero-order valence-corrected chi connectivity index (χ0v) is 14.2. The fourth-order valence-corrected chi connectivity index (χ4v) is 2.75. The molecule has 4 rings (SSSR count). The van der Waals surface area contributed by atoms with Gasteiger partial charge in [-0.15, -0.1) is 10.2 Å². The summed E-state index contributed by atoms with van der Waals surface area (Å²) in [5.74, 6) is 0.837. The summed E-state index contributed by atoms with van der Waals surface area (Å²) in [6, 6.07) is 12.3.